The molecule has 2 rings (SSSR count). The van der Waals surface area contributed by atoms with Crippen LogP contribution in [0.25, 0.3) is 0 Å². The molecule has 0 spiro atoms. The number of aryl methyl sites for hydroxylation is 1. The number of anilines is 1. The predicted molar refractivity (Wildman–Crippen MR) is 78.1 cm³/mol. The third kappa shape index (κ3) is 4.16. The second kappa shape index (κ2) is 6.56. The van der Waals surface area contributed by atoms with Crippen molar-refractivity contribution < 1.29 is 4.79 Å². The molecule has 5 heteroatoms. The Labute approximate surface area is 115 Å². The summed E-state index contributed by atoms with van der Waals surface area (Å²) in [7, 11) is 0. The standard InChI is InChI=1S/C13H14N2OS2/c1-10-7-13(18-15-10)14-12(16)9-17-8-11-5-3-2-4-6-11/h2-7H,8-9H2,1H3,(H,14,16). The number of hydrogen-bond donors (Lipinski definition) is 1. The van der Waals surface area contributed by atoms with Crippen molar-refractivity contribution in [1.82, 2.24) is 4.37 Å². The SMILES string of the molecule is Cc1cc(NC(=O)CSCc2ccccc2)sn1. The van der Waals surface area contributed by atoms with Gasteiger partial charge in [-0.3, -0.25) is 4.79 Å². The zero-order valence-electron chi connectivity index (χ0n) is 10.1. The molecule has 0 fully saturated rings. The summed E-state index contributed by atoms with van der Waals surface area (Å²) in [6.45, 7) is 1.91. The minimum absolute atomic E-state index is 0.0274. The smallest absolute Gasteiger partial charge is 0.235 e. The van der Waals surface area contributed by atoms with Gasteiger partial charge >= 0.3 is 0 Å². The molecule has 1 aromatic heterocycles. The molecule has 0 aliphatic heterocycles. The summed E-state index contributed by atoms with van der Waals surface area (Å²) in [5, 5.41) is 3.66. The van der Waals surface area contributed by atoms with E-state index in [0.29, 0.717) is 5.75 Å². The van der Waals surface area contributed by atoms with E-state index in [-0.39, 0.29) is 5.91 Å². The van der Waals surface area contributed by atoms with Crippen molar-refractivity contribution in [3.8, 4) is 0 Å². The van der Waals surface area contributed by atoms with E-state index < -0.39 is 0 Å². The van der Waals surface area contributed by atoms with Gasteiger partial charge in [0.2, 0.25) is 5.91 Å². The number of amides is 1. The van der Waals surface area contributed by atoms with Crippen LogP contribution in [-0.2, 0) is 10.5 Å². The first-order chi connectivity index (χ1) is 8.74. The molecule has 2 aromatic rings. The Hall–Kier alpha value is -1.33. The van der Waals surface area contributed by atoms with Crippen LogP contribution in [0, 0.1) is 6.92 Å². The highest BCUT2D eigenvalue weighted by Gasteiger charge is 2.05. The zero-order chi connectivity index (χ0) is 12.8. The number of carbonyl (C=O) groups excluding carboxylic acids is 1. The van der Waals surface area contributed by atoms with Crippen LogP contribution in [0.1, 0.15) is 11.3 Å². The molecule has 94 valence electrons. The molecular weight excluding hydrogens is 264 g/mol. The molecule has 3 nitrogen and oxygen atoms in total. The van der Waals surface area contributed by atoms with Gasteiger partial charge < -0.3 is 5.32 Å². The summed E-state index contributed by atoms with van der Waals surface area (Å²) in [6, 6.07) is 12.0. The zero-order valence-corrected chi connectivity index (χ0v) is 11.7. The number of rotatable bonds is 5. The molecular formula is C13H14N2OS2. The molecule has 0 aliphatic rings. The third-order valence-corrected chi connectivity index (χ3v) is 4.03. The molecule has 0 saturated heterocycles. The summed E-state index contributed by atoms with van der Waals surface area (Å²) in [4.78, 5) is 11.7. The van der Waals surface area contributed by atoms with Gasteiger partial charge in [0.25, 0.3) is 0 Å². The molecule has 1 aromatic carbocycles. The molecule has 18 heavy (non-hydrogen) atoms. The summed E-state index contributed by atoms with van der Waals surface area (Å²) in [5.74, 6) is 1.35. The summed E-state index contributed by atoms with van der Waals surface area (Å²) < 4.78 is 4.12. The Morgan fingerprint density at radius 1 is 1.39 bits per heavy atom. The normalized spacial score (nSPS) is 10.3. The molecule has 1 amide bonds. The van der Waals surface area contributed by atoms with Crippen LogP contribution in [0.2, 0.25) is 0 Å². The van der Waals surface area contributed by atoms with E-state index >= 15 is 0 Å². The maximum Gasteiger partial charge on any atom is 0.235 e. The van der Waals surface area contributed by atoms with Crippen LogP contribution < -0.4 is 5.32 Å². The fraction of sp³-hybridized carbons (Fsp3) is 0.231. The second-order valence-corrected chi connectivity index (χ2v) is 5.65. The highest BCUT2D eigenvalue weighted by molar-refractivity contribution is 7.99. The van der Waals surface area contributed by atoms with Gasteiger partial charge in [0, 0.05) is 5.75 Å². The largest absolute Gasteiger partial charge is 0.316 e. The van der Waals surface area contributed by atoms with Crippen LogP contribution in [0.5, 0.6) is 0 Å². The Balaban J connectivity index is 1.72. The van der Waals surface area contributed by atoms with Crippen molar-refractivity contribution in [2.45, 2.75) is 12.7 Å². The number of thioether (sulfide) groups is 1. The molecule has 0 aliphatic carbocycles. The molecule has 0 unspecified atom stereocenters. The quantitative estimate of drug-likeness (QED) is 0.912. The van der Waals surface area contributed by atoms with Gasteiger partial charge in [-0.15, -0.1) is 11.8 Å². The van der Waals surface area contributed by atoms with Gasteiger partial charge in [-0.1, -0.05) is 30.3 Å². The average molecular weight is 278 g/mol. The van der Waals surface area contributed by atoms with E-state index in [9.17, 15) is 4.79 Å². The molecule has 0 radical (unpaired) electrons. The van der Waals surface area contributed by atoms with Gasteiger partial charge in [0.1, 0.15) is 5.00 Å². The van der Waals surface area contributed by atoms with Crippen LogP contribution in [0.15, 0.2) is 36.4 Å². The van der Waals surface area contributed by atoms with E-state index in [1.54, 1.807) is 11.8 Å². The van der Waals surface area contributed by atoms with Gasteiger partial charge in [0.05, 0.1) is 11.4 Å². The maximum absolute atomic E-state index is 11.7. The number of aromatic nitrogens is 1. The van der Waals surface area contributed by atoms with E-state index in [4.69, 9.17) is 0 Å². The van der Waals surface area contributed by atoms with Crippen molar-refractivity contribution in [3.63, 3.8) is 0 Å². The molecule has 0 bridgehead atoms. The number of carbonyl (C=O) groups is 1. The highest BCUT2D eigenvalue weighted by atomic mass is 32.2. The number of nitrogens with one attached hydrogen (secondary N) is 1. The number of benzene rings is 1. The second-order valence-electron chi connectivity index (χ2n) is 3.86. The minimum atomic E-state index is 0.0274. The van der Waals surface area contributed by atoms with Crippen molar-refractivity contribution >= 4 is 34.2 Å². The van der Waals surface area contributed by atoms with Gasteiger partial charge in [0.15, 0.2) is 0 Å². The van der Waals surface area contributed by atoms with Crippen LogP contribution in [-0.4, -0.2) is 16.0 Å². The summed E-state index contributed by atoms with van der Waals surface area (Å²) in [6.07, 6.45) is 0. The lowest BCUT2D eigenvalue weighted by atomic mass is 10.2. The Morgan fingerprint density at radius 3 is 2.83 bits per heavy atom. The lowest BCUT2D eigenvalue weighted by Gasteiger charge is -2.02. The molecule has 0 saturated carbocycles. The van der Waals surface area contributed by atoms with Crippen molar-refractivity contribution in [2.75, 3.05) is 11.1 Å². The van der Waals surface area contributed by atoms with E-state index in [1.807, 2.05) is 31.2 Å². The van der Waals surface area contributed by atoms with Crippen molar-refractivity contribution in [2.24, 2.45) is 0 Å². The highest BCUT2D eigenvalue weighted by Crippen LogP contribution is 2.17. The molecule has 1 N–H and O–H groups in total. The average Bonchev–Trinajstić information content (AvgIpc) is 2.76. The summed E-state index contributed by atoms with van der Waals surface area (Å²) in [5.41, 5.74) is 2.18. The van der Waals surface area contributed by atoms with E-state index in [0.717, 1.165) is 16.4 Å². The lowest BCUT2D eigenvalue weighted by molar-refractivity contribution is -0.113. The first kappa shape index (κ1) is 13.1. The first-order valence-electron chi connectivity index (χ1n) is 5.59. The van der Waals surface area contributed by atoms with E-state index in [1.165, 1.54) is 17.1 Å². The fourth-order valence-electron chi connectivity index (χ4n) is 1.43. The number of nitrogens with zero attached hydrogens (tertiary/aromatic N) is 1. The Kier molecular flexibility index (Phi) is 4.78. The molecule has 1 heterocycles. The topological polar surface area (TPSA) is 42.0 Å². The minimum Gasteiger partial charge on any atom is -0.316 e. The van der Waals surface area contributed by atoms with Gasteiger partial charge in [-0.2, -0.15) is 4.37 Å². The lowest BCUT2D eigenvalue weighted by Crippen LogP contribution is -2.13. The maximum atomic E-state index is 11.7. The monoisotopic (exact) mass is 278 g/mol. The van der Waals surface area contributed by atoms with Crippen molar-refractivity contribution in [3.05, 3.63) is 47.7 Å². The van der Waals surface area contributed by atoms with Crippen LogP contribution >= 0.6 is 23.3 Å². The fourth-order valence-corrected chi connectivity index (χ4v) is 2.90. The van der Waals surface area contributed by atoms with Gasteiger partial charge in [-0.25, -0.2) is 0 Å². The van der Waals surface area contributed by atoms with Gasteiger partial charge in [-0.05, 0) is 30.1 Å². The first-order valence-corrected chi connectivity index (χ1v) is 7.52. The summed E-state index contributed by atoms with van der Waals surface area (Å²) >= 11 is 2.93. The predicted octanol–water partition coefficient (Wildman–Crippen LogP) is 3.32. The molecule has 0 atom stereocenters. The Morgan fingerprint density at radius 2 is 2.17 bits per heavy atom. The van der Waals surface area contributed by atoms with Crippen LogP contribution in [0.3, 0.4) is 0 Å². The Bertz CT molecular complexity index is 511. The van der Waals surface area contributed by atoms with E-state index in [2.05, 4.69) is 21.8 Å². The third-order valence-electron chi connectivity index (χ3n) is 2.24. The van der Waals surface area contributed by atoms with Crippen LogP contribution in [0.4, 0.5) is 5.00 Å². The van der Waals surface area contributed by atoms with Crippen molar-refractivity contribution in [1.29, 1.82) is 0 Å². The number of hydrogen-bond acceptors (Lipinski definition) is 4.